The number of carbonyl (C=O) groups is 1. The molecule has 0 unspecified atom stereocenters. The van der Waals surface area contributed by atoms with E-state index < -0.39 is 0 Å². The van der Waals surface area contributed by atoms with Crippen LogP contribution in [0.5, 0.6) is 5.75 Å². The minimum atomic E-state index is -0.0622. The van der Waals surface area contributed by atoms with E-state index in [9.17, 15) is 4.79 Å². The number of aromatic nitrogens is 2. The second-order valence-electron chi connectivity index (χ2n) is 5.82. The van der Waals surface area contributed by atoms with Crippen LogP contribution in [0.3, 0.4) is 0 Å². The third kappa shape index (κ3) is 4.70. The summed E-state index contributed by atoms with van der Waals surface area (Å²) in [5.74, 6) is 1.78. The van der Waals surface area contributed by atoms with Crippen molar-refractivity contribution in [3.05, 3.63) is 47.2 Å². The van der Waals surface area contributed by atoms with Gasteiger partial charge in [0.2, 0.25) is 17.6 Å². The molecule has 0 saturated heterocycles. The molecule has 3 rings (SSSR count). The van der Waals surface area contributed by atoms with Gasteiger partial charge in [-0.3, -0.25) is 4.79 Å². The highest BCUT2D eigenvalue weighted by Crippen LogP contribution is 2.26. The van der Waals surface area contributed by atoms with Crippen molar-refractivity contribution in [1.82, 2.24) is 10.1 Å². The highest BCUT2D eigenvalue weighted by Gasteiger charge is 2.11. The number of hydrogen-bond donors (Lipinski definition) is 1. The minimum Gasteiger partial charge on any atom is -0.492 e. The predicted molar refractivity (Wildman–Crippen MR) is 102 cm³/mol. The van der Waals surface area contributed by atoms with Gasteiger partial charge in [0.1, 0.15) is 5.75 Å². The average Bonchev–Trinajstić information content (AvgIpc) is 3.29. The van der Waals surface area contributed by atoms with Crippen LogP contribution in [0.4, 0.5) is 5.69 Å². The number of nitrogens with one attached hydrogen (secondary N) is 1. The zero-order valence-corrected chi connectivity index (χ0v) is 15.6. The molecule has 2 aromatic heterocycles. The van der Waals surface area contributed by atoms with E-state index in [1.807, 2.05) is 49.6 Å². The number of ether oxygens (including phenoxy) is 1. The number of amides is 1. The molecule has 26 heavy (non-hydrogen) atoms. The highest BCUT2D eigenvalue weighted by atomic mass is 32.1. The van der Waals surface area contributed by atoms with E-state index in [0.717, 1.165) is 10.4 Å². The summed E-state index contributed by atoms with van der Waals surface area (Å²) in [4.78, 5) is 17.5. The van der Waals surface area contributed by atoms with Crippen molar-refractivity contribution in [3.63, 3.8) is 0 Å². The number of aryl methyl sites for hydroxylation is 2. The van der Waals surface area contributed by atoms with E-state index in [1.54, 1.807) is 11.3 Å². The predicted octanol–water partition coefficient (Wildman–Crippen LogP) is 4.47. The normalized spacial score (nSPS) is 10.7. The molecule has 0 aliphatic carbocycles. The van der Waals surface area contributed by atoms with Crippen LogP contribution in [-0.2, 0) is 11.2 Å². The van der Waals surface area contributed by atoms with Crippen LogP contribution >= 0.6 is 11.3 Å². The summed E-state index contributed by atoms with van der Waals surface area (Å²) in [6.45, 7) is 4.46. The van der Waals surface area contributed by atoms with Crippen LogP contribution in [0, 0.1) is 6.92 Å². The molecule has 2 heterocycles. The van der Waals surface area contributed by atoms with Gasteiger partial charge in [-0.15, -0.1) is 11.3 Å². The lowest BCUT2D eigenvalue weighted by Crippen LogP contribution is -2.12. The number of hydrogen-bond acceptors (Lipinski definition) is 6. The number of thiophene rings is 1. The largest absolute Gasteiger partial charge is 0.492 e. The lowest BCUT2D eigenvalue weighted by Gasteiger charge is -2.12. The molecule has 0 saturated carbocycles. The summed E-state index contributed by atoms with van der Waals surface area (Å²) in [7, 11) is 0. The topological polar surface area (TPSA) is 77.2 Å². The molecule has 1 amide bonds. The average molecular weight is 371 g/mol. The van der Waals surface area contributed by atoms with Crippen molar-refractivity contribution in [3.8, 4) is 16.5 Å². The Kier molecular flexibility index (Phi) is 6.01. The van der Waals surface area contributed by atoms with E-state index in [2.05, 4.69) is 15.5 Å². The Morgan fingerprint density at radius 2 is 2.23 bits per heavy atom. The molecule has 0 radical (unpaired) electrons. The van der Waals surface area contributed by atoms with Gasteiger partial charge in [-0.05, 0) is 49.4 Å². The maximum Gasteiger partial charge on any atom is 0.226 e. The second kappa shape index (κ2) is 8.62. The maximum absolute atomic E-state index is 12.2. The Labute approximate surface area is 156 Å². The van der Waals surface area contributed by atoms with Crippen LogP contribution in [0.1, 0.15) is 31.2 Å². The van der Waals surface area contributed by atoms with E-state index in [4.69, 9.17) is 9.26 Å². The summed E-state index contributed by atoms with van der Waals surface area (Å²) < 4.78 is 10.8. The lowest BCUT2D eigenvalue weighted by atomic mass is 10.2. The quantitative estimate of drug-likeness (QED) is 0.632. The Hall–Kier alpha value is -2.67. The van der Waals surface area contributed by atoms with E-state index in [1.165, 1.54) is 0 Å². The first-order valence-electron chi connectivity index (χ1n) is 8.55. The number of rotatable bonds is 8. The molecule has 136 valence electrons. The molecule has 0 bridgehead atoms. The Morgan fingerprint density at radius 1 is 1.35 bits per heavy atom. The van der Waals surface area contributed by atoms with Crippen molar-refractivity contribution in [1.29, 1.82) is 0 Å². The van der Waals surface area contributed by atoms with E-state index in [-0.39, 0.29) is 5.91 Å². The van der Waals surface area contributed by atoms with Crippen LogP contribution in [-0.4, -0.2) is 22.7 Å². The van der Waals surface area contributed by atoms with Gasteiger partial charge in [-0.2, -0.15) is 4.98 Å². The summed E-state index contributed by atoms with van der Waals surface area (Å²) in [6, 6.07) is 9.63. The van der Waals surface area contributed by atoms with Crippen molar-refractivity contribution >= 4 is 22.9 Å². The lowest BCUT2D eigenvalue weighted by molar-refractivity contribution is -0.116. The van der Waals surface area contributed by atoms with Gasteiger partial charge < -0.3 is 14.6 Å². The van der Waals surface area contributed by atoms with Crippen molar-refractivity contribution in [2.75, 3.05) is 11.9 Å². The summed E-state index contributed by atoms with van der Waals surface area (Å²) in [5.41, 5.74) is 1.78. The number of anilines is 1. The molecule has 1 aromatic carbocycles. The monoisotopic (exact) mass is 371 g/mol. The zero-order valence-electron chi connectivity index (χ0n) is 14.8. The van der Waals surface area contributed by atoms with Crippen LogP contribution in [0.15, 0.2) is 40.2 Å². The molecule has 0 aliphatic rings. The summed E-state index contributed by atoms with van der Waals surface area (Å²) >= 11 is 1.56. The standard InChI is InChI=1S/C19H21N3O3S/c1-3-24-15-12-13(2)9-10-14(15)20-17(23)7-4-8-18-21-19(22-25-18)16-6-5-11-26-16/h5-6,9-12H,3-4,7-8H2,1-2H3,(H,20,23). The fourth-order valence-electron chi connectivity index (χ4n) is 2.48. The fraction of sp³-hybridized carbons (Fsp3) is 0.316. The molecular formula is C19H21N3O3S. The molecule has 6 nitrogen and oxygen atoms in total. The first-order chi connectivity index (χ1) is 12.7. The number of benzene rings is 1. The smallest absolute Gasteiger partial charge is 0.226 e. The Morgan fingerprint density at radius 3 is 3.00 bits per heavy atom. The van der Waals surface area contributed by atoms with Crippen molar-refractivity contribution < 1.29 is 14.1 Å². The molecule has 0 aliphatic heterocycles. The Bertz CT molecular complexity index is 859. The zero-order chi connectivity index (χ0) is 18.4. The third-order valence-electron chi connectivity index (χ3n) is 3.72. The molecule has 1 N–H and O–H groups in total. The van der Waals surface area contributed by atoms with Gasteiger partial charge in [0, 0.05) is 12.8 Å². The summed E-state index contributed by atoms with van der Waals surface area (Å²) in [5, 5.41) is 8.85. The molecule has 0 atom stereocenters. The van der Waals surface area contributed by atoms with Gasteiger partial charge in [0.05, 0.1) is 17.2 Å². The molecule has 0 spiro atoms. The van der Waals surface area contributed by atoms with Gasteiger partial charge in [0.25, 0.3) is 0 Å². The van der Waals surface area contributed by atoms with Crippen LogP contribution in [0.25, 0.3) is 10.7 Å². The number of nitrogens with zero attached hydrogens (tertiary/aromatic N) is 2. The van der Waals surface area contributed by atoms with E-state index >= 15 is 0 Å². The van der Waals surface area contributed by atoms with Gasteiger partial charge >= 0.3 is 0 Å². The fourth-order valence-corrected chi connectivity index (χ4v) is 3.13. The molecule has 3 aromatic rings. The number of carbonyl (C=O) groups excluding carboxylic acids is 1. The van der Waals surface area contributed by atoms with Gasteiger partial charge in [-0.1, -0.05) is 17.3 Å². The molecular weight excluding hydrogens is 350 g/mol. The Balaban J connectivity index is 1.50. The van der Waals surface area contributed by atoms with Gasteiger partial charge in [0.15, 0.2) is 0 Å². The first-order valence-corrected chi connectivity index (χ1v) is 9.43. The van der Waals surface area contributed by atoms with Crippen LogP contribution in [0.2, 0.25) is 0 Å². The highest BCUT2D eigenvalue weighted by molar-refractivity contribution is 7.13. The first kappa shape index (κ1) is 18.1. The maximum atomic E-state index is 12.2. The molecule has 7 heteroatoms. The van der Waals surface area contributed by atoms with E-state index in [0.29, 0.717) is 49.0 Å². The second-order valence-corrected chi connectivity index (χ2v) is 6.77. The van der Waals surface area contributed by atoms with Crippen LogP contribution < -0.4 is 10.1 Å². The third-order valence-corrected chi connectivity index (χ3v) is 4.58. The molecule has 0 fully saturated rings. The van der Waals surface area contributed by atoms with Crippen molar-refractivity contribution in [2.24, 2.45) is 0 Å². The minimum absolute atomic E-state index is 0.0622. The summed E-state index contributed by atoms with van der Waals surface area (Å²) in [6.07, 6.45) is 1.57. The van der Waals surface area contributed by atoms with Crippen molar-refractivity contribution in [2.45, 2.75) is 33.1 Å². The SMILES string of the molecule is CCOc1cc(C)ccc1NC(=O)CCCc1nc(-c2cccs2)no1. The van der Waals surface area contributed by atoms with Gasteiger partial charge in [-0.25, -0.2) is 0 Å².